The van der Waals surface area contributed by atoms with Crippen LogP contribution in [-0.2, 0) is 32.5 Å². The number of carbonyl (C=O) groups excluding carboxylic acids is 3. The van der Waals surface area contributed by atoms with Crippen molar-refractivity contribution >= 4 is 27.8 Å². The van der Waals surface area contributed by atoms with Crippen molar-refractivity contribution in [1.29, 1.82) is 0 Å². The van der Waals surface area contributed by atoms with Crippen molar-refractivity contribution in [2.75, 3.05) is 13.2 Å². The minimum Gasteiger partial charge on any atom is -0.452 e. The molecule has 0 saturated carbocycles. The zero-order valence-electron chi connectivity index (χ0n) is 18.1. The predicted molar refractivity (Wildman–Crippen MR) is 123 cm³/mol. The molecule has 0 radical (unpaired) electrons. The van der Waals surface area contributed by atoms with Gasteiger partial charge in [0.25, 0.3) is 11.8 Å². The highest BCUT2D eigenvalue weighted by molar-refractivity contribution is 7.89. The van der Waals surface area contributed by atoms with Crippen molar-refractivity contribution in [3.8, 4) is 0 Å². The fourth-order valence-electron chi connectivity index (χ4n) is 3.65. The molecule has 1 aliphatic rings. The summed E-state index contributed by atoms with van der Waals surface area (Å²) in [6.45, 7) is -0.0935. The van der Waals surface area contributed by atoms with Gasteiger partial charge in [-0.2, -0.15) is 4.31 Å². The average molecular weight is 479 g/mol. The molecule has 0 fully saturated rings. The summed E-state index contributed by atoms with van der Waals surface area (Å²) in [5, 5.41) is 2.13. The van der Waals surface area contributed by atoms with Gasteiger partial charge in [0.05, 0.1) is 10.5 Å². The van der Waals surface area contributed by atoms with Crippen molar-refractivity contribution in [3.05, 3.63) is 101 Å². The number of sulfonamides is 1. The van der Waals surface area contributed by atoms with Crippen LogP contribution in [0.1, 0.15) is 31.8 Å². The van der Waals surface area contributed by atoms with E-state index >= 15 is 0 Å². The van der Waals surface area contributed by atoms with Crippen LogP contribution in [0, 0.1) is 0 Å². The summed E-state index contributed by atoms with van der Waals surface area (Å²) in [7, 11) is -3.84. The Balaban J connectivity index is 1.39. The number of hydrogen-bond acceptors (Lipinski definition) is 6. The molecule has 0 spiro atoms. The molecule has 0 bridgehead atoms. The molecule has 1 N–H and O–H groups in total. The number of nitrogens with one attached hydrogen (secondary N) is 1. The molecule has 9 heteroatoms. The summed E-state index contributed by atoms with van der Waals surface area (Å²) in [4.78, 5) is 36.4. The standard InChI is InChI=1S/C25H22N2O6S/c28-23(26-24(29)19-8-2-1-3-9-19)17-33-25(30)20-11-6-12-22(15-20)34(31,32)27-14-13-18-7-4-5-10-21(18)16-27/h1-12,15H,13-14,16-17H2,(H,26,28,29). The van der Waals surface area contributed by atoms with Crippen LogP contribution in [-0.4, -0.2) is 43.7 Å². The number of carbonyl (C=O) groups is 3. The summed E-state index contributed by atoms with van der Waals surface area (Å²) in [6.07, 6.45) is 0.605. The van der Waals surface area contributed by atoms with E-state index in [9.17, 15) is 22.8 Å². The Labute approximate surface area is 197 Å². The molecule has 0 saturated heterocycles. The van der Waals surface area contributed by atoms with E-state index in [1.807, 2.05) is 24.3 Å². The van der Waals surface area contributed by atoms with E-state index in [0.29, 0.717) is 18.5 Å². The third kappa shape index (κ3) is 5.22. The van der Waals surface area contributed by atoms with Gasteiger partial charge in [0.1, 0.15) is 0 Å². The summed E-state index contributed by atoms with van der Waals surface area (Å²) in [6, 6.07) is 21.3. The molecule has 174 valence electrons. The zero-order valence-corrected chi connectivity index (χ0v) is 19.0. The molecule has 3 aromatic rings. The number of amides is 2. The Bertz CT molecular complexity index is 1340. The van der Waals surface area contributed by atoms with Gasteiger partial charge in [0.15, 0.2) is 6.61 Å². The molecule has 1 aliphatic heterocycles. The van der Waals surface area contributed by atoms with E-state index in [2.05, 4.69) is 5.32 Å². The smallest absolute Gasteiger partial charge is 0.338 e. The minimum atomic E-state index is -3.84. The lowest BCUT2D eigenvalue weighted by Gasteiger charge is -2.28. The molecular weight excluding hydrogens is 456 g/mol. The second-order valence-corrected chi connectivity index (χ2v) is 9.64. The van der Waals surface area contributed by atoms with Gasteiger partial charge in [0.2, 0.25) is 10.0 Å². The van der Waals surface area contributed by atoms with E-state index in [1.165, 1.54) is 28.6 Å². The van der Waals surface area contributed by atoms with Gasteiger partial charge < -0.3 is 4.74 Å². The first-order valence-electron chi connectivity index (χ1n) is 10.6. The Hall–Kier alpha value is -3.82. The van der Waals surface area contributed by atoms with Crippen molar-refractivity contribution in [3.63, 3.8) is 0 Å². The number of ether oxygens (including phenoxy) is 1. The van der Waals surface area contributed by atoms with E-state index in [-0.39, 0.29) is 17.0 Å². The maximum atomic E-state index is 13.2. The maximum Gasteiger partial charge on any atom is 0.338 e. The number of imide groups is 1. The van der Waals surface area contributed by atoms with Gasteiger partial charge in [0, 0.05) is 18.7 Å². The summed E-state index contributed by atoms with van der Waals surface area (Å²) in [5.74, 6) is -2.28. The number of nitrogens with zero attached hydrogens (tertiary/aromatic N) is 1. The molecule has 0 unspecified atom stereocenters. The van der Waals surface area contributed by atoms with Crippen LogP contribution < -0.4 is 5.32 Å². The van der Waals surface area contributed by atoms with Crippen molar-refractivity contribution in [2.24, 2.45) is 0 Å². The zero-order chi connectivity index (χ0) is 24.1. The van der Waals surface area contributed by atoms with E-state index in [4.69, 9.17) is 4.74 Å². The number of esters is 1. The van der Waals surface area contributed by atoms with Crippen LogP contribution in [0.15, 0.2) is 83.8 Å². The first kappa shape index (κ1) is 23.3. The highest BCUT2D eigenvalue weighted by atomic mass is 32.2. The molecule has 0 aromatic heterocycles. The molecule has 3 aromatic carbocycles. The highest BCUT2D eigenvalue weighted by Crippen LogP contribution is 2.25. The lowest BCUT2D eigenvalue weighted by Crippen LogP contribution is -2.36. The highest BCUT2D eigenvalue weighted by Gasteiger charge is 2.29. The molecule has 1 heterocycles. The van der Waals surface area contributed by atoms with E-state index in [1.54, 1.807) is 30.3 Å². The Morgan fingerprint density at radius 2 is 1.53 bits per heavy atom. The van der Waals surface area contributed by atoms with Gasteiger partial charge in [-0.1, -0.05) is 48.5 Å². The van der Waals surface area contributed by atoms with Gasteiger partial charge in [-0.25, -0.2) is 13.2 Å². The Kier molecular flexibility index (Phi) is 6.85. The lowest BCUT2D eigenvalue weighted by atomic mass is 10.0. The fraction of sp³-hybridized carbons (Fsp3) is 0.160. The van der Waals surface area contributed by atoms with Crippen LogP contribution >= 0.6 is 0 Å². The number of benzene rings is 3. The monoisotopic (exact) mass is 478 g/mol. The number of rotatable bonds is 6. The molecule has 0 aliphatic carbocycles. The van der Waals surface area contributed by atoms with Crippen molar-refractivity contribution in [2.45, 2.75) is 17.9 Å². The molecule has 0 atom stereocenters. The summed E-state index contributed by atoms with van der Waals surface area (Å²) >= 11 is 0. The van der Waals surface area contributed by atoms with Gasteiger partial charge >= 0.3 is 5.97 Å². The Morgan fingerprint density at radius 1 is 0.853 bits per heavy atom. The number of fused-ring (bicyclic) bond motifs is 1. The summed E-state index contributed by atoms with van der Waals surface area (Å²) < 4.78 is 32.7. The largest absolute Gasteiger partial charge is 0.452 e. The fourth-order valence-corrected chi connectivity index (χ4v) is 5.11. The lowest BCUT2D eigenvalue weighted by molar-refractivity contribution is -0.123. The molecule has 2 amide bonds. The van der Waals surface area contributed by atoms with Gasteiger partial charge in [-0.05, 0) is 47.9 Å². The first-order chi connectivity index (χ1) is 16.3. The van der Waals surface area contributed by atoms with Crippen molar-refractivity contribution < 1.29 is 27.5 Å². The van der Waals surface area contributed by atoms with Crippen LogP contribution in [0.2, 0.25) is 0 Å². The molecule has 34 heavy (non-hydrogen) atoms. The second-order valence-electron chi connectivity index (χ2n) is 7.70. The van der Waals surface area contributed by atoms with Crippen molar-refractivity contribution in [1.82, 2.24) is 9.62 Å². The average Bonchev–Trinajstić information content (AvgIpc) is 2.87. The van der Waals surface area contributed by atoms with Crippen LogP contribution in [0.3, 0.4) is 0 Å². The third-order valence-electron chi connectivity index (χ3n) is 5.43. The van der Waals surface area contributed by atoms with Gasteiger partial charge in [-0.3, -0.25) is 14.9 Å². The van der Waals surface area contributed by atoms with Crippen LogP contribution in [0.5, 0.6) is 0 Å². The van der Waals surface area contributed by atoms with E-state index in [0.717, 1.165) is 11.1 Å². The quantitative estimate of drug-likeness (QED) is 0.546. The van der Waals surface area contributed by atoms with Crippen LogP contribution in [0.25, 0.3) is 0 Å². The topological polar surface area (TPSA) is 110 Å². The molecular formula is C25H22N2O6S. The predicted octanol–water partition coefficient (Wildman–Crippen LogP) is 2.55. The molecule has 4 rings (SSSR count). The third-order valence-corrected chi connectivity index (χ3v) is 7.27. The normalized spacial score (nSPS) is 13.5. The summed E-state index contributed by atoms with van der Waals surface area (Å²) in [5.41, 5.74) is 2.35. The molecule has 8 nitrogen and oxygen atoms in total. The van der Waals surface area contributed by atoms with Gasteiger partial charge in [-0.15, -0.1) is 0 Å². The first-order valence-corrected chi connectivity index (χ1v) is 12.0. The Morgan fingerprint density at radius 3 is 2.29 bits per heavy atom. The van der Waals surface area contributed by atoms with E-state index < -0.39 is 34.4 Å². The SMILES string of the molecule is O=C(COC(=O)c1cccc(S(=O)(=O)N2CCc3ccccc3C2)c1)NC(=O)c1ccccc1. The number of hydrogen-bond donors (Lipinski definition) is 1. The maximum absolute atomic E-state index is 13.2. The minimum absolute atomic E-state index is 0.0133. The second kappa shape index (κ2) is 9.98. The van der Waals surface area contributed by atoms with Crippen LogP contribution in [0.4, 0.5) is 0 Å².